The van der Waals surface area contributed by atoms with Gasteiger partial charge < -0.3 is 10.1 Å². The maximum atomic E-state index is 12.8. The van der Waals surface area contributed by atoms with Gasteiger partial charge >= 0.3 is 0 Å². The Morgan fingerprint density at radius 1 is 1.20 bits per heavy atom. The van der Waals surface area contributed by atoms with Crippen LogP contribution in [0.5, 0.6) is 5.75 Å². The monoisotopic (exact) mass is 423 g/mol. The van der Waals surface area contributed by atoms with E-state index in [0.29, 0.717) is 33.5 Å². The van der Waals surface area contributed by atoms with Gasteiger partial charge in [-0.2, -0.15) is 4.63 Å². The number of amides is 1. The second kappa shape index (κ2) is 7.84. The zero-order chi connectivity index (χ0) is 21.4. The molecule has 2 aromatic carbocycles. The van der Waals surface area contributed by atoms with E-state index in [9.17, 15) is 4.79 Å². The van der Waals surface area contributed by atoms with Gasteiger partial charge in [-0.15, -0.1) is 5.10 Å². The van der Waals surface area contributed by atoms with Crippen LogP contribution in [0.1, 0.15) is 23.7 Å². The Morgan fingerprint density at radius 2 is 1.97 bits per heavy atom. The largest absolute Gasteiger partial charge is 0.481 e. The number of rotatable bonds is 5. The van der Waals surface area contributed by atoms with Crippen molar-refractivity contribution < 1.29 is 9.53 Å². The number of carbonyl (C=O) groups excluding carboxylic acids is 1. The number of carbonyl (C=O) groups is 1. The molecule has 4 rings (SSSR count). The predicted molar refractivity (Wildman–Crippen MR) is 117 cm³/mol. The number of aromatic nitrogens is 4. The molecule has 0 bridgehead atoms. The number of H-pyrrole nitrogens is 1. The average molecular weight is 424 g/mol. The van der Waals surface area contributed by atoms with Crippen LogP contribution in [0.25, 0.3) is 17.0 Å². The molecule has 1 unspecified atom stereocenters. The van der Waals surface area contributed by atoms with Crippen molar-refractivity contribution >= 4 is 28.8 Å². The van der Waals surface area contributed by atoms with Crippen LogP contribution in [0.4, 0.5) is 5.69 Å². The van der Waals surface area contributed by atoms with Crippen LogP contribution in [0.15, 0.2) is 42.5 Å². The number of benzene rings is 2. The first-order valence-corrected chi connectivity index (χ1v) is 9.96. The maximum Gasteiger partial charge on any atom is 0.265 e. The molecule has 0 spiro atoms. The lowest BCUT2D eigenvalue weighted by Crippen LogP contribution is -2.30. The molecule has 0 radical (unpaired) electrons. The summed E-state index contributed by atoms with van der Waals surface area (Å²) in [6, 6.07) is 13.2. The second-order valence-electron chi connectivity index (χ2n) is 7.29. The van der Waals surface area contributed by atoms with Gasteiger partial charge in [-0.05, 0) is 51.5 Å². The smallest absolute Gasteiger partial charge is 0.265 e. The lowest BCUT2D eigenvalue weighted by Gasteiger charge is -2.17. The van der Waals surface area contributed by atoms with Crippen molar-refractivity contribution in [3.8, 4) is 17.1 Å². The van der Waals surface area contributed by atoms with Gasteiger partial charge in [0.2, 0.25) is 0 Å². The number of halogens is 1. The quantitative estimate of drug-likeness (QED) is 0.487. The molecule has 1 amide bonds. The number of nitrogens with zero attached hydrogens (tertiary/aromatic N) is 3. The molecule has 2 heterocycles. The maximum absolute atomic E-state index is 12.8. The fraction of sp³-hybridized carbons (Fsp3) is 0.227. The van der Waals surface area contributed by atoms with Gasteiger partial charge in [0.1, 0.15) is 10.8 Å². The molecule has 8 heteroatoms. The van der Waals surface area contributed by atoms with Gasteiger partial charge in [0.15, 0.2) is 17.6 Å². The van der Waals surface area contributed by atoms with Crippen LogP contribution >= 0.6 is 11.6 Å². The third-order valence-electron chi connectivity index (χ3n) is 4.84. The molecule has 2 N–H and O–H groups in total. The standard InChI is InChI=1S/C22H22ClN5O2/c1-12-9-10-18(13(2)11-12)30-15(4)22(29)24-17-8-6-5-7-16(17)20-25-21-19(23)14(3)26-28(21)27-20/h5-11,15,26H,1-4H3,(H,24,29). The SMILES string of the molecule is Cc1ccc(OC(C)C(=O)Nc2ccccc2-c2nc3c(Cl)c(C)[nH]n3n2)c(C)c1. The molecule has 1 atom stereocenters. The van der Waals surface area contributed by atoms with E-state index in [1.54, 1.807) is 13.0 Å². The zero-order valence-corrected chi connectivity index (χ0v) is 17.9. The summed E-state index contributed by atoms with van der Waals surface area (Å²) < 4.78 is 7.40. The van der Waals surface area contributed by atoms with Crippen LogP contribution in [-0.4, -0.2) is 31.8 Å². The minimum atomic E-state index is -0.680. The lowest BCUT2D eigenvalue weighted by atomic mass is 10.1. The number of hydrogen-bond acceptors (Lipinski definition) is 4. The zero-order valence-electron chi connectivity index (χ0n) is 17.2. The number of para-hydroxylation sites is 1. The van der Waals surface area contributed by atoms with E-state index >= 15 is 0 Å². The van der Waals surface area contributed by atoms with Crippen molar-refractivity contribution in [2.24, 2.45) is 0 Å². The molecular formula is C22H22ClN5O2. The Kier molecular flexibility index (Phi) is 5.22. The van der Waals surface area contributed by atoms with Crippen molar-refractivity contribution in [2.45, 2.75) is 33.8 Å². The van der Waals surface area contributed by atoms with Crippen molar-refractivity contribution in [1.82, 2.24) is 19.8 Å². The minimum Gasteiger partial charge on any atom is -0.481 e. The summed E-state index contributed by atoms with van der Waals surface area (Å²) in [5, 5.41) is 10.9. The summed E-state index contributed by atoms with van der Waals surface area (Å²) in [5.41, 5.74) is 4.74. The first kappa shape index (κ1) is 20.0. The number of aryl methyl sites for hydroxylation is 3. The van der Waals surface area contributed by atoms with E-state index in [1.807, 2.05) is 57.2 Å². The molecule has 7 nitrogen and oxygen atoms in total. The lowest BCUT2D eigenvalue weighted by molar-refractivity contribution is -0.122. The van der Waals surface area contributed by atoms with Crippen molar-refractivity contribution in [2.75, 3.05) is 5.32 Å². The van der Waals surface area contributed by atoms with E-state index < -0.39 is 6.10 Å². The van der Waals surface area contributed by atoms with E-state index in [1.165, 1.54) is 4.63 Å². The molecule has 0 saturated carbocycles. The fourth-order valence-corrected chi connectivity index (χ4v) is 3.38. The van der Waals surface area contributed by atoms with E-state index in [-0.39, 0.29) is 5.91 Å². The second-order valence-corrected chi connectivity index (χ2v) is 7.66. The molecule has 4 aromatic rings. The molecule has 154 valence electrons. The highest BCUT2D eigenvalue weighted by Gasteiger charge is 2.20. The van der Waals surface area contributed by atoms with Crippen molar-refractivity contribution in [1.29, 1.82) is 0 Å². The van der Waals surface area contributed by atoms with Crippen LogP contribution in [0.2, 0.25) is 5.02 Å². The Morgan fingerprint density at radius 3 is 2.70 bits per heavy atom. The summed E-state index contributed by atoms with van der Waals surface area (Å²) in [4.78, 5) is 17.3. The number of aromatic amines is 1. The average Bonchev–Trinajstić information content (AvgIpc) is 3.23. The summed E-state index contributed by atoms with van der Waals surface area (Å²) >= 11 is 6.27. The molecular weight excluding hydrogens is 402 g/mol. The molecule has 2 aromatic heterocycles. The van der Waals surface area contributed by atoms with Gasteiger partial charge in [0, 0.05) is 5.56 Å². The Balaban J connectivity index is 1.56. The van der Waals surface area contributed by atoms with Gasteiger partial charge in [0.05, 0.1) is 11.4 Å². The van der Waals surface area contributed by atoms with Crippen LogP contribution in [-0.2, 0) is 4.79 Å². The highest BCUT2D eigenvalue weighted by atomic mass is 35.5. The molecule has 0 aliphatic rings. The Bertz CT molecular complexity index is 1240. The molecule has 0 aliphatic heterocycles. The van der Waals surface area contributed by atoms with Crippen molar-refractivity contribution in [3.63, 3.8) is 0 Å². The van der Waals surface area contributed by atoms with Crippen LogP contribution in [0, 0.1) is 20.8 Å². The van der Waals surface area contributed by atoms with E-state index in [4.69, 9.17) is 16.3 Å². The Labute approximate surface area is 179 Å². The molecule has 0 aliphatic carbocycles. The van der Waals surface area contributed by atoms with E-state index in [2.05, 4.69) is 20.5 Å². The first-order chi connectivity index (χ1) is 14.3. The highest BCUT2D eigenvalue weighted by molar-refractivity contribution is 6.34. The third-order valence-corrected chi connectivity index (χ3v) is 5.29. The first-order valence-electron chi connectivity index (χ1n) is 9.58. The van der Waals surface area contributed by atoms with Gasteiger partial charge in [-0.25, -0.2) is 4.98 Å². The highest BCUT2D eigenvalue weighted by Crippen LogP contribution is 2.28. The summed E-state index contributed by atoms with van der Waals surface area (Å²) in [6.45, 7) is 7.55. The normalized spacial score (nSPS) is 12.2. The number of hydrogen-bond donors (Lipinski definition) is 2. The number of anilines is 1. The topological polar surface area (TPSA) is 84.3 Å². The van der Waals surface area contributed by atoms with Gasteiger partial charge in [-0.1, -0.05) is 41.4 Å². The summed E-state index contributed by atoms with van der Waals surface area (Å²) in [7, 11) is 0. The number of nitrogens with one attached hydrogen (secondary N) is 2. The summed E-state index contributed by atoms with van der Waals surface area (Å²) in [6.07, 6.45) is -0.680. The van der Waals surface area contributed by atoms with Crippen LogP contribution in [0.3, 0.4) is 0 Å². The molecule has 30 heavy (non-hydrogen) atoms. The predicted octanol–water partition coefficient (Wildman–Crippen LogP) is 4.71. The third kappa shape index (κ3) is 3.76. The fourth-order valence-electron chi connectivity index (χ4n) is 3.22. The number of fused-ring (bicyclic) bond motifs is 1. The Hall–Kier alpha value is -3.32. The minimum absolute atomic E-state index is 0.263. The van der Waals surface area contributed by atoms with E-state index in [0.717, 1.165) is 16.8 Å². The van der Waals surface area contributed by atoms with Gasteiger partial charge in [-0.3, -0.25) is 9.89 Å². The molecule has 0 fully saturated rings. The molecule has 0 saturated heterocycles. The van der Waals surface area contributed by atoms with Gasteiger partial charge in [0.25, 0.3) is 5.91 Å². The number of ether oxygens (including phenoxy) is 1. The van der Waals surface area contributed by atoms with Crippen LogP contribution < -0.4 is 10.1 Å². The van der Waals surface area contributed by atoms with Crippen molar-refractivity contribution in [3.05, 3.63) is 64.3 Å². The summed E-state index contributed by atoms with van der Waals surface area (Å²) in [5.74, 6) is 0.884.